The quantitative estimate of drug-likeness (QED) is 0.283. The summed E-state index contributed by atoms with van der Waals surface area (Å²) in [5.41, 5.74) is 2.17. The summed E-state index contributed by atoms with van der Waals surface area (Å²) in [5.74, 6) is -0.162. The fraction of sp³-hybridized carbons (Fsp3) is 0.375. The van der Waals surface area contributed by atoms with Crippen LogP contribution in [-0.2, 0) is 26.2 Å². The second-order valence-electron chi connectivity index (χ2n) is 10.1. The van der Waals surface area contributed by atoms with E-state index >= 15 is 0 Å². The first-order valence-corrected chi connectivity index (χ1v) is 15.4. The molecule has 0 saturated heterocycles. The van der Waals surface area contributed by atoms with Gasteiger partial charge in [0.25, 0.3) is 10.0 Å². The number of hydrogen-bond acceptors (Lipinski definition) is 6. The number of rotatable bonds is 14. The Balaban J connectivity index is 2.07. The molecular formula is C32H41N3O6S. The van der Waals surface area contributed by atoms with Crippen LogP contribution in [0.4, 0.5) is 5.69 Å². The van der Waals surface area contributed by atoms with Crippen molar-refractivity contribution in [2.45, 2.75) is 64.1 Å². The summed E-state index contributed by atoms with van der Waals surface area (Å²) in [5, 5.41) is 2.99. The third-order valence-corrected chi connectivity index (χ3v) is 8.86. The first kappa shape index (κ1) is 32.5. The van der Waals surface area contributed by atoms with Gasteiger partial charge in [-0.2, -0.15) is 0 Å². The van der Waals surface area contributed by atoms with Crippen molar-refractivity contribution in [3.63, 3.8) is 0 Å². The number of para-hydroxylation sites is 1. The molecule has 0 spiro atoms. The predicted molar refractivity (Wildman–Crippen MR) is 164 cm³/mol. The van der Waals surface area contributed by atoms with Gasteiger partial charge in [0, 0.05) is 18.7 Å². The summed E-state index contributed by atoms with van der Waals surface area (Å²) in [6.45, 7) is 7.30. The molecule has 0 aliphatic heterocycles. The van der Waals surface area contributed by atoms with Crippen molar-refractivity contribution in [3.05, 3.63) is 83.9 Å². The largest absolute Gasteiger partial charge is 0.493 e. The fourth-order valence-corrected chi connectivity index (χ4v) is 6.03. The number of anilines is 1. The van der Waals surface area contributed by atoms with Gasteiger partial charge < -0.3 is 19.7 Å². The summed E-state index contributed by atoms with van der Waals surface area (Å²) in [7, 11) is -1.36. The van der Waals surface area contributed by atoms with E-state index in [0.717, 1.165) is 21.9 Å². The number of sulfonamides is 1. The Morgan fingerprint density at radius 3 is 2.17 bits per heavy atom. The van der Waals surface area contributed by atoms with Crippen molar-refractivity contribution in [2.24, 2.45) is 0 Å². The molecule has 0 radical (unpaired) electrons. The molecule has 2 amide bonds. The van der Waals surface area contributed by atoms with E-state index in [9.17, 15) is 18.0 Å². The lowest BCUT2D eigenvalue weighted by Crippen LogP contribution is -2.53. The second kappa shape index (κ2) is 14.7. The first-order chi connectivity index (χ1) is 20.0. The summed E-state index contributed by atoms with van der Waals surface area (Å²) in [6.07, 6.45) is 1.09. The number of nitrogens with one attached hydrogen (secondary N) is 1. The molecule has 0 aromatic heterocycles. The lowest BCUT2D eigenvalue weighted by atomic mass is 10.1. The SMILES string of the molecule is CCC(C)NC(=O)C(CC)N(Cc1cccc(C)c1)C(=O)CN(c1ccccc1)S(=O)(=O)c1ccc(OC)c(OC)c1. The average molecular weight is 596 g/mol. The molecule has 2 unspecified atom stereocenters. The van der Waals surface area contributed by atoms with Crippen LogP contribution in [0.3, 0.4) is 0 Å². The van der Waals surface area contributed by atoms with Crippen LogP contribution in [0.5, 0.6) is 11.5 Å². The van der Waals surface area contributed by atoms with Crippen molar-refractivity contribution < 1.29 is 27.5 Å². The number of benzene rings is 3. The normalized spacial score (nSPS) is 12.6. The van der Waals surface area contributed by atoms with E-state index < -0.39 is 28.5 Å². The van der Waals surface area contributed by atoms with Crippen LogP contribution in [0.1, 0.15) is 44.7 Å². The van der Waals surface area contributed by atoms with E-state index in [1.54, 1.807) is 30.3 Å². The van der Waals surface area contributed by atoms with E-state index in [1.165, 1.54) is 37.3 Å². The number of ether oxygens (including phenoxy) is 2. The van der Waals surface area contributed by atoms with Gasteiger partial charge in [0.05, 0.1) is 24.8 Å². The van der Waals surface area contributed by atoms with Crippen LogP contribution < -0.4 is 19.1 Å². The molecule has 1 N–H and O–H groups in total. The monoisotopic (exact) mass is 595 g/mol. The number of hydrogen-bond donors (Lipinski definition) is 1. The Labute approximate surface area is 249 Å². The number of carbonyl (C=O) groups excluding carboxylic acids is 2. The summed E-state index contributed by atoms with van der Waals surface area (Å²) in [4.78, 5) is 29.0. The van der Waals surface area contributed by atoms with E-state index in [4.69, 9.17) is 9.47 Å². The number of carbonyl (C=O) groups is 2. The molecule has 3 aromatic rings. The molecule has 226 valence electrons. The molecule has 9 nitrogen and oxygen atoms in total. The van der Waals surface area contributed by atoms with E-state index in [-0.39, 0.29) is 29.1 Å². The van der Waals surface area contributed by atoms with Crippen molar-refractivity contribution in [1.29, 1.82) is 0 Å². The highest BCUT2D eigenvalue weighted by atomic mass is 32.2. The first-order valence-electron chi connectivity index (χ1n) is 14.0. The van der Waals surface area contributed by atoms with Crippen molar-refractivity contribution in [1.82, 2.24) is 10.2 Å². The minimum absolute atomic E-state index is 0.0661. The molecule has 10 heteroatoms. The molecule has 0 saturated carbocycles. The molecule has 0 fully saturated rings. The number of nitrogens with zero attached hydrogens (tertiary/aromatic N) is 2. The van der Waals surface area contributed by atoms with Gasteiger partial charge in [-0.05, 0) is 56.5 Å². The van der Waals surface area contributed by atoms with Gasteiger partial charge >= 0.3 is 0 Å². The molecular weight excluding hydrogens is 554 g/mol. The fourth-order valence-electron chi connectivity index (χ4n) is 4.60. The van der Waals surface area contributed by atoms with Gasteiger partial charge in [0.2, 0.25) is 11.8 Å². The lowest BCUT2D eigenvalue weighted by molar-refractivity contribution is -0.140. The van der Waals surface area contributed by atoms with Gasteiger partial charge in [-0.1, -0.05) is 61.9 Å². The minimum atomic E-state index is -4.25. The molecule has 42 heavy (non-hydrogen) atoms. The summed E-state index contributed by atoms with van der Waals surface area (Å²) >= 11 is 0. The topological polar surface area (TPSA) is 105 Å². The van der Waals surface area contributed by atoms with Gasteiger partial charge in [-0.25, -0.2) is 8.42 Å². The van der Waals surface area contributed by atoms with Crippen LogP contribution in [0.25, 0.3) is 0 Å². The van der Waals surface area contributed by atoms with Gasteiger partial charge in [0.15, 0.2) is 11.5 Å². The Kier molecular flexibility index (Phi) is 11.4. The van der Waals surface area contributed by atoms with E-state index in [0.29, 0.717) is 17.9 Å². The summed E-state index contributed by atoms with van der Waals surface area (Å²) in [6, 6.07) is 19.5. The van der Waals surface area contributed by atoms with Crippen molar-refractivity contribution >= 4 is 27.5 Å². The van der Waals surface area contributed by atoms with E-state index in [1.807, 2.05) is 52.0 Å². The van der Waals surface area contributed by atoms with Crippen LogP contribution in [0, 0.1) is 6.92 Å². The van der Waals surface area contributed by atoms with Gasteiger partial charge in [0.1, 0.15) is 12.6 Å². The zero-order chi connectivity index (χ0) is 30.9. The highest BCUT2D eigenvalue weighted by Gasteiger charge is 2.34. The van der Waals surface area contributed by atoms with Crippen LogP contribution in [0.2, 0.25) is 0 Å². The minimum Gasteiger partial charge on any atom is -0.493 e. The Hall–Kier alpha value is -4.05. The third kappa shape index (κ3) is 7.82. The maximum absolute atomic E-state index is 14.2. The molecule has 3 rings (SSSR count). The smallest absolute Gasteiger partial charge is 0.264 e. The number of amides is 2. The highest BCUT2D eigenvalue weighted by Crippen LogP contribution is 2.32. The Morgan fingerprint density at radius 2 is 1.57 bits per heavy atom. The Morgan fingerprint density at radius 1 is 0.881 bits per heavy atom. The third-order valence-electron chi connectivity index (χ3n) is 7.09. The van der Waals surface area contributed by atoms with Crippen LogP contribution in [0.15, 0.2) is 77.7 Å². The standard InChI is InChI=1S/C32H41N3O6S/c1-7-24(4)33-32(37)28(8-2)34(21-25-14-12-13-23(3)19-25)31(36)22-35(26-15-10-9-11-16-26)42(38,39)27-17-18-29(40-5)30(20-27)41-6/h9-20,24,28H,7-8,21-22H2,1-6H3,(H,33,37). The van der Waals surface area contributed by atoms with Gasteiger partial charge in [-0.15, -0.1) is 0 Å². The molecule has 0 aliphatic carbocycles. The Bertz CT molecular complexity index is 1460. The van der Waals surface area contributed by atoms with E-state index in [2.05, 4.69) is 5.32 Å². The van der Waals surface area contributed by atoms with Crippen LogP contribution in [-0.4, -0.2) is 58.0 Å². The molecule has 0 aliphatic rings. The molecule has 2 atom stereocenters. The second-order valence-corrected chi connectivity index (χ2v) is 12.0. The molecule has 0 heterocycles. The molecule has 3 aromatic carbocycles. The zero-order valence-corrected chi connectivity index (χ0v) is 26.0. The predicted octanol–water partition coefficient (Wildman–Crippen LogP) is 4.93. The van der Waals surface area contributed by atoms with Crippen molar-refractivity contribution in [2.75, 3.05) is 25.1 Å². The number of aryl methyl sites for hydroxylation is 1. The molecule has 0 bridgehead atoms. The van der Waals surface area contributed by atoms with Gasteiger partial charge in [-0.3, -0.25) is 13.9 Å². The zero-order valence-electron chi connectivity index (χ0n) is 25.2. The summed E-state index contributed by atoms with van der Waals surface area (Å²) < 4.78 is 39.9. The maximum atomic E-state index is 14.2. The van der Waals surface area contributed by atoms with Crippen LogP contribution >= 0.6 is 0 Å². The maximum Gasteiger partial charge on any atom is 0.264 e. The lowest BCUT2D eigenvalue weighted by Gasteiger charge is -2.33. The highest BCUT2D eigenvalue weighted by molar-refractivity contribution is 7.92. The number of methoxy groups -OCH3 is 2. The average Bonchev–Trinajstić information content (AvgIpc) is 2.99. The van der Waals surface area contributed by atoms with Crippen molar-refractivity contribution in [3.8, 4) is 11.5 Å².